The number of aliphatic hydroxyl groups is 1. The summed E-state index contributed by atoms with van der Waals surface area (Å²) in [6.07, 6.45) is 76.3. The maximum atomic E-state index is 13.0. The largest absolute Gasteiger partial charge is 0.756 e. The summed E-state index contributed by atoms with van der Waals surface area (Å²) in [7, 11) is 1.32. The molecule has 0 aliphatic carbocycles. The SMILES string of the molecule is CCCCCCC/C=C\C/C=C\C/C=C\CCCCCCCCCCCCCCC(=O)NC(COP(=O)([O-])OCC[N+](C)(C)C)C(O)CCCCCCCCCCCCCCCCCCCCCCCCCCCCC. The van der Waals surface area contributed by atoms with Gasteiger partial charge in [0.15, 0.2) is 0 Å². The van der Waals surface area contributed by atoms with Crippen LogP contribution >= 0.6 is 7.82 Å². The fourth-order valence-electron chi connectivity index (χ4n) is 10.2. The highest BCUT2D eigenvalue weighted by Gasteiger charge is 2.24. The van der Waals surface area contributed by atoms with Crippen LogP contribution in [0.4, 0.5) is 0 Å². The number of carbonyl (C=O) groups is 1. The number of rotatable bonds is 62. The Morgan fingerprint density at radius 1 is 0.461 bits per heavy atom. The van der Waals surface area contributed by atoms with Gasteiger partial charge in [-0.15, -0.1) is 0 Å². The minimum Gasteiger partial charge on any atom is -0.756 e. The molecule has 0 saturated carbocycles. The molecule has 9 heteroatoms. The van der Waals surface area contributed by atoms with E-state index in [0.717, 1.165) is 51.4 Å². The number of amides is 1. The van der Waals surface area contributed by atoms with E-state index in [4.69, 9.17) is 9.05 Å². The molecule has 0 aromatic carbocycles. The summed E-state index contributed by atoms with van der Waals surface area (Å²) in [4.78, 5) is 25.6. The number of nitrogens with one attached hydrogen (secondary N) is 1. The van der Waals surface area contributed by atoms with Gasteiger partial charge in [0.2, 0.25) is 5.91 Å². The van der Waals surface area contributed by atoms with Crippen LogP contribution in [0.25, 0.3) is 0 Å². The van der Waals surface area contributed by atoms with Crippen LogP contribution in [-0.4, -0.2) is 68.5 Å². The Morgan fingerprint density at radius 2 is 0.763 bits per heavy atom. The number of allylic oxidation sites excluding steroid dienone is 6. The van der Waals surface area contributed by atoms with Crippen LogP contribution in [0.1, 0.15) is 335 Å². The molecule has 0 fully saturated rings. The number of quaternary nitrogens is 1. The normalized spacial score (nSPS) is 13.9. The fraction of sp³-hybridized carbons (Fsp3) is 0.896. The molecule has 76 heavy (non-hydrogen) atoms. The highest BCUT2D eigenvalue weighted by Crippen LogP contribution is 2.38. The van der Waals surface area contributed by atoms with Crippen LogP contribution in [0.2, 0.25) is 0 Å². The second kappa shape index (κ2) is 58.4. The maximum absolute atomic E-state index is 13.0. The second-order valence-electron chi connectivity index (χ2n) is 24.2. The minimum absolute atomic E-state index is 0.0126. The lowest BCUT2D eigenvalue weighted by atomic mass is 10.0. The molecule has 0 heterocycles. The van der Waals surface area contributed by atoms with E-state index < -0.39 is 20.0 Å². The van der Waals surface area contributed by atoms with Crippen molar-refractivity contribution in [1.29, 1.82) is 0 Å². The van der Waals surface area contributed by atoms with Gasteiger partial charge >= 0.3 is 0 Å². The third kappa shape index (κ3) is 60.4. The number of aliphatic hydroxyl groups excluding tert-OH is 1. The first-order valence-corrected chi connectivity index (χ1v) is 34.8. The van der Waals surface area contributed by atoms with Gasteiger partial charge in [0.25, 0.3) is 7.82 Å². The van der Waals surface area contributed by atoms with E-state index in [1.54, 1.807) is 0 Å². The van der Waals surface area contributed by atoms with Crippen molar-refractivity contribution < 1.29 is 32.9 Å². The molecule has 450 valence electrons. The second-order valence-corrected chi connectivity index (χ2v) is 25.6. The molecule has 0 rings (SSSR count). The number of hydrogen-bond acceptors (Lipinski definition) is 6. The Balaban J connectivity index is 4.07. The zero-order valence-corrected chi connectivity index (χ0v) is 52.4. The number of likely N-dealkylation sites (N-methyl/N-ethyl adjacent to an activating group) is 1. The van der Waals surface area contributed by atoms with E-state index in [9.17, 15) is 19.4 Å². The van der Waals surface area contributed by atoms with Crippen molar-refractivity contribution in [2.45, 2.75) is 347 Å². The molecular formula is C67H131N2O6P. The average Bonchev–Trinajstić information content (AvgIpc) is 3.38. The smallest absolute Gasteiger partial charge is 0.268 e. The number of carbonyl (C=O) groups excluding carboxylic acids is 1. The topological polar surface area (TPSA) is 108 Å². The first-order chi connectivity index (χ1) is 37.0. The Morgan fingerprint density at radius 3 is 1.11 bits per heavy atom. The van der Waals surface area contributed by atoms with Crippen molar-refractivity contribution in [2.75, 3.05) is 40.9 Å². The van der Waals surface area contributed by atoms with E-state index in [2.05, 4.69) is 55.6 Å². The summed E-state index contributed by atoms with van der Waals surface area (Å²) >= 11 is 0. The Bertz CT molecular complexity index is 1330. The number of nitrogens with zero attached hydrogens (tertiary/aromatic N) is 1. The van der Waals surface area contributed by atoms with Crippen LogP contribution < -0.4 is 10.2 Å². The predicted octanol–water partition coefficient (Wildman–Crippen LogP) is 20.3. The molecule has 0 aliphatic heterocycles. The zero-order valence-electron chi connectivity index (χ0n) is 51.5. The van der Waals surface area contributed by atoms with Gasteiger partial charge in [0.1, 0.15) is 13.2 Å². The summed E-state index contributed by atoms with van der Waals surface area (Å²) in [6.45, 7) is 4.76. The Labute approximate surface area is 474 Å². The third-order valence-corrected chi connectivity index (χ3v) is 16.3. The first kappa shape index (κ1) is 74.7. The van der Waals surface area contributed by atoms with Crippen molar-refractivity contribution in [1.82, 2.24) is 5.32 Å². The van der Waals surface area contributed by atoms with Crippen molar-refractivity contribution in [3.05, 3.63) is 36.5 Å². The van der Waals surface area contributed by atoms with Crippen LogP contribution in [0.15, 0.2) is 36.5 Å². The van der Waals surface area contributed by atoms with Gasteiger partial charge in [0, 0.05) is 6.42 Å². The molecule has 0 aromatic rings. The van der Waals surface area contributed by atoms with Crippen molar-refractivity contribution >= 4 is 13.7 Å². The number of phosphoric ester groups is 1. The van der Waals surface area contributed by atoms with Gasteiger partial charge in [-0.25, -0.2) is 0 Å². The minimum atomic E-state index is -4.58. The molecule has 0 bridgehead atoms. The molecule has 0 radical (unpaired) electrons. The quantitative estimate of drug-likeness (QED) is 0.0272. The molecule has 0 aliphatic rings. The summed E-state index contributed by atoms with van der Waals surface area (Å²) in [6, 6.07) is -0.803. The Hall–Kier alpha value is -1.28. The van der Waals surface area contributed by atoms with Gasteiger partial charge in [-0.3, -0.25) is 9.36 Å². The van der Waals surface area contributed by atoms with Crippen LogP contribution in [0.5, 0.6) is 0 Å². The summed E-state index contributed by atoms with van der Waals surface area (Å²) in [5.74, 6) is -0.162. The maximum Gasteiger partial charge on any atom is 0.268 e. The Kier molecular flexibility index (Phi) is 57.4. The van der Waals surface area contributed by atoms with E-state index in [1.807, 2.05) is 21.1 Å². The van der Waals surface area contributed by atoms with E-state index >= 15 is 0 Å². The lowest BCUT2D eigenvalue weighted by Crippen LogP contribution is -2.46. The standard InChI is InChI=1S/C67H131N2O6P/c1-6-8-10-12-14-16-18-20-22-24-26-28-30-32-34-36-38-40-42-44-46-48-50-52-54-56-58-60-66(70)65(64-75-76(72,73)74-63-62-69(3,4)5)68-67(71)61-59-57-55-53-51-49-47-45-43-41-39-37-35-33-31-29-27-25-23-21-19-17-15-13-11-9-7-2/h19,21,25,27,31,33,65-66,70H,6-18,20,22-24,26,28-30,32,34-64H2,1-5H3,(H-,68,71,72,73)/b21-19-,27-25-,33-31-. The monoisotopic (exact) mass is 1090 g/mol. The third-order valence-electron chi connectivity index (χ3n) is 15.4. The molecule has 0 spiro atoms. The molecule has 0 aromatic heterocycles. The van der Waals surface area contributed by atoms with Gasteiger partial charge in [-0.2, -0.15) is 0 Å². The zero-order chi connectivity index (χ0) is 55.6. The highest BCUT2D eigenvalue weighted by atomic mass is 31.2. The number of phosphoric acid groups is 1. The van der Waals surface area contributed by atoms with Crippen molar-refractivity contribution in [3.8, 4) is 0 Å². The summed E-state index contributed by atoms with van der Waals surface area (Å²) in [5.41, 5.74) is 0. The number of unbranched alkanes of at least 4 members (excludes halogenated alkanes) is 43. The molecule has 3 atom stereocenters. The summed E-state index contributed by atoms with van der Waals surface area (Å²) < 4.78 is 23.5. The van der Waals surface area contributed by atoms with Crippen LogP contribution in [0, 0.1) is 0 Å². The summed E-state index contributed by atoms with van der Waals surface area (Å²) in [5, 5.41) is 14.1. The van der Waals surface area contributed by atoms with Crippen LogP contribution in [0.3, 0.4) is 0 Å². The lowest BCUT2D eigenvalue weighted by Gasteiger charge is -2.30. The van der Waals surface area contributed by atoms with Crippen LogP contribution in [-0.2, 0) is 18.4 Å². The van der Waals surface area contributed by atoms with E-state index in [1.165, 1.54) is 257 Å². The van der Waals surface area contributed by atoms with E-state index in [0.29, 0.717) is 23.9 Å². The molecule has 0 saturated heterocycles. The van der Waals surface area contributed by atoms with Gasteiger partial charge in [0.05, 0.1) is 39.9 Å². The predicted molar refractivity (Wildman–Crippen MR) is 330 cm³/mol. The molecule has 3 unspecified atom stereocenters. The molecule has 1 amide bonds. The molecule has 8 nitrogen and oxygen atoms in total. The van der Waals surface area contributed by atoms with Gasteiger partial charge in [-0.05, 0) is 51.4 Å². The molecular weight excluding hydrogens is 960 g/mol. The lowest BCUT2D eigenvalue weighted by molar-refractivity contribution is -0.870. The highest BCUT2D eigenvalue weighted by molar-refractivity contribution is 7.45. The average molecular weight is 1090 g/mol. The first-order valence-electron chi connectivity index (χ1n) is 33.3. The van der Waals surface area contributed by atoms with Gasteiger partial charge in [-0.1, -0.05) is 314 Å². The molecule has 2 N–H and O–H groups in total. The van der Waals surface area contributed by atoms with E-state index in [-0.39, 0.29) is 19.1 Å². The van der Waals surface area contributed by atoms with Crippen molar-refractivity contribution in [3.63, 3.8) is 0 Å². The van der Waals surface area contributed by atoms with Crippen molar-refractivity contribution in [2.24, 2.45) is 0 Å². The number of hydrogen-bond donors (Lipinski definition) is 2. The fourth-order valence-corrected chi connectivity index (χ4v) is 10.9. The van der Waals surface area contributed by atoms with Gasteiger partial charge < -0.3 is 28.8 Å².